The maximum Gasteiger partial charge on any atom is 0.152 e. The smallest absolute Gasteiger partial charge is 0.152 e. The third kappa shape index (κ3) is 2.08. The van der Waals surface area contributed by atoms with Crippen LogP contribution in [0.1, 0.15) is 11.5 Å². The summed E-state index contributed by atoms with van der Waals surface area (Å²) < 4.78 is 23.3. The Morgan fingerprint density at radius 1 is 1.35 bits per heavy atom. The van der Waals surface area contributed by atoms with Gasteiger partial charge in [-0.2, -0.15) is 0 Å². The summed E-state index contributed by atoms with van der Waals surface area (Å²) in [5.41, 5.74) is 11.7. The molecule has 0 spiro atoms. The molecule has 1 aliphatic rings. The summed E-state index contributed by atoms with van der Waals surface area (Å²) in [6.45, 7) is 0.151. The molecule has 4 nitrogen and oxygen atoms in total. The maximum atomic E-state index is 11.7. The SMILES string of the molecule is CS(=O)(=O)[C@@H]1[C@@H](c2ccc(Cl)cc2)[C@@]1(N)CN. The summed E-state index contributed by atoms with van der Waals surface area (Å²) in [6, 6.07) is 7.06. The van der Waals surface area contributed by atoms with Crippen LogP contribution in [0.4, 0.5) is 0 Å². The first kappa shape index (κ1) is 12.8. The number of nitrogens with two attached hydrogens (primary N) is 2. The van der Waals surface area contributed by atoms with E-state index in [1.54, 1.807) is 24.3 Å². The molecule has 1 saturated carbocycles. The number of benzene rings is 1. The van der Waals surface area contributed by atoms with Gasteiger partial charge in [-0.3, -0.25) is 0 Å². The molecule has 1 aromatic rings. The summed E-state index contributed by atoms with van der Waals surface area (Å²) in [6.07, 6.45) is 1.20. The molecule has 0 unspecified atom stereocenters. The highest BCUT2D eigenvalue weighted by Gasteiger charge is 2.67. The molecule has 0 radical (unpaired) electrons. The van der Waals surface area contributed by atoms with Crippen LogP contribution in [0.3, 0.4) is 0 Å². The number of hydrogen-bond acceptors (Lipinski definition) is 4. The molecule has 1 fully saturated rings. The van der Waals surface area contributed by atoms with E-state index < -0.39 is 20.6 Å². The fraction of sp³-hybridized carbons (Fsp3) is 0.455. The molecule has 0 aromatic heterocycles. The van der Waals surface area contributed by atoms with Crippen molar-refractivity contribution < 1.29 is 8.42 Å². The van der Waals surface area contributed by atoms with Crippen LogP contribution in [0.2, 0.25) is 5.02 Å². The van der Waals surface area contributed by atoms with E-state index in [1.807, 2.05) is 0 Å². The Labute approximate surface area is 106 Å². The van der Waals surface area contributed by atoms with E-state index in [-0.39, 0.29) is 12.5 Å². The van der Waals surface area contributed by atoms with Crippen LogP contribution >= 0.6 is 11.6 Å². The molecule has 0 bridgehead atoms. The van der Waals surface area contributed by atoms with Crippen LogP contribution in [0.15, 0.2) is 24.3 Å². The Hall–Kier alpha value is -0.620. The first-order valence-corrected chi connectivity index (χ1v) is 7.57. The van der Waals surface area contributed by atoms with E-state index in [0.29, 0.717) is 5.02 Å². The molecule has 4 N–H and O–H groups in total. The van der Waals surface area contributed by atoms with Crippen molar-refractivity contribution in [2.75, 3.05) is 12.8 Å². The second-order valence-electron chi connectivity index (χ2n) is 4.60. The normalized spacial score (nSPS) is 32.5. The summed E-state index contributed by atoms with van der Waals surface area (Å²) in [7, 11) is -3.19. The van der Waals surface area contributed by atoms with E-state index in [4.69, 9.17) is 23.1 Å². The van der Waals surface area contributed by atoms with Crippen molar-refractivity contribution >= 4 is 21.4 Å². The van der Waals surface area contributed by atoms with Gasteiger partial charge in [0.1, 0.15) is 0 Å². The van der Waals surface area contributed by atoms with Gasteiger partial charge in [-0.25, -0.2) is 8.42 Å². The van der Waals surface area contributed by atoms with Crippen molar-refractivity contribution in [2.45, 2.75) is 16.7 Å². The zero-order valence-corrected chi connectivity index (χ0v) is 11.0. The van der Waals surface area contributed by atoms with Gasteiger partial charge in [-0.05, 0) is 17.7 Å². The fourth-order valence-electron chi connectivity index (χ4n) is 2.47. The van der Waals surface area contributed by atoms with Crippen molar-refractivity contribution in [1.29, 1.82) is 0 Å². The molecule has 94 valence electrons. The van der Waals surface area contributed by atoms with Crippen molar-refractivity contribution in [3.05, 3.63) is 34.9 Å². The topological polar surface area (TPSA) is 86.2 Å². The monoisotopic (exact) mass is 274 g/mol. The van der Waals surface area contributed by atoms with E-state index >= 15 is 0 Å². The molecule has 6 heteroatoms. The van der Waals surface area contributed by atoms with E-state index in [1.165, 1.54) is 6.26 Å². The quantitative estimate of drug-likeness (QED) is 0.841. The van der Waals surface area contributed by atoms with Crippen molar-refractivity contribution in [1.82, 2.24) is 0 Å². The van der Waals surface area contributed by atoms with E-state index in [2.05, 4.69) is 0 Å². The lowest BCUT2D eigenvalue weighted by Gasteiger charge is -2.07. The second-order valence-corrected chi connectivity index (χ2v) is 7.20. The van der Waals surface area contributed by atoms with E-state index in [0.717, 1.165) is 5.56 Å². The van der Waals surface area contributed by atoms with Crippen LogP contribution in [0.25, 0.3) is 0 Å². The van der Waals surface area contributed by atoms with E-state index in [9.17, 15) is 8.42 Å². The Kier molecular flexibility index (Phi) is 2.98. The zero-order valence-electron chi connectivity index (χ0n) is 9.43. The number of halogens is 1. The molecule has 0 aliphatic heterocycles. The standard InChI is InChI=1S/C11H15ClN2O2S/c1-17(15,16)10-9(11(10,14)6-13)7-2-4-8(12)5-3-7/h2-5,9-10H,6,13-14H2,1H3/t9-,10-,11+/m1/s1. The molecular formula is C11H15ClN2O2S. The van der Waals surface area contributed by atoms with Gasteiger partial charge in [-0.1, -0.05) is 23.7 Å². The molecule has 0 amide bonds. The van der Waals surface area contributed by atoms with Crippen LogP contribution in [0, 0.1) is 0 Å². The first-order chi connectivity index (χ1) is 7.80. The van der Waals surface area contributed by atoms with Gasteiger partial charge in [0.05, 0.1) is 10.8 Å². The lowest BCUT2D eigenvalue weighted by atomic mass is 10.1. The highest BCUT2D eigenvalue weighted by atomic mass is 35.5. The summed E-state index contributed by atoms with van der Waals surface area (Å²) in [5, 5.41) is 0.0156. The minimum Gasteiger partial charge on any atom is -0.329 e. The lowest BCUT2D eigenvalue weighted by Crippen LogP contribution is -2.38. The minimum absolute atomic E-state index is 0.151. The van der Waals surface area contributed by atoms with Gasteiger partial charge in [-0.15, -0.1) is 0 Å². The van der Waals surface area contributed by atoms with Crippen LogP contribution < -0.4 is 11.5 Å². The molecular weight excluding hydrogens is 260 g/mol. The van der Waals surface area contributed by atoms with Gasteiger partial charge >= 0.3 is 0 Å². The third-order valence-electron chi connectivity index (χ3n) is 3.35. The highest BCUT2D eigenvalue weighted by Crippen LogP contribution is 2.53. The molecule has 0 heterocycles. The van der Waals surface area contributed by atoms with Crippen molar-refractivity contribution in [2.24, 2.45) is 11.5 Å². The molecule has 17 heavy (non-hydrogen) atoms. The minimum atomic E-state index is -3.19. The van der Waals surface area contributed by atoms with Gasteiger partial charge in [0.15, 0.2) is 9.84 Å². The highest BCUT2D eigenvalue weighted by molar-refractivity contribution is 7.91. The largest absolute Gasteiger partial charge is 0.329 e. The van der Waals surface area contributed by atoms with Crippen molar-refractivity contribution in [3.8, 4) is 0 Å². The Balaban J connectivity index is 2.37. The fourth-order valence-corrected chi connectivity index (χ4v) is 4.46. The predicted molar refractivity (Wildman–Crippen MR) is 68.8 cm³/mol. The maximum absolute atomic E-state index is 11.7. The Morgan fingerprint density at radius 2 is 1.88 bits per heavy atom. The second kappa shape index (κ2) is 3.95. The number of sulfone groups is 1. The molecule has 3 atom stereocenters. The molecule has 2 rings (SSSR count). The first-order valence-electron chi connectivity index (χ1n) is 5.24. The summed E-state index contributed by atoms with van der Waals surface area (Å²) in [4.78, 5) is 0. The number of hydrogen-bond donors (Lipinski definition) is 2. The lowest BCUT2D eigenvalue weighted by molar-refractivity contribution is 0.591. The summed E-state index contributed by atoms with van der Waals surface area (Å²) in [5.74, 6) is -0.236. The summed E-state index contributed by atoms with van der Waals surface area (Å²) >= 11 is 5.79. The molecule has 1 aromatic carbocycles. The van der Waals surface area contributed by atoms with Crippen LogP contribution in [-0.2, 0) is 9.84 Å². The van der Waals surface area contributed by atoms with Gasteiger partial charge in [0, 0.05) is 23.7 Å². The molecule has 1 aliphatic carbocycles. The van der Waals surface area contributed by atoms with Crippen LogP contribution in [0.5, 0.6) is 0 Å². The third-order valence-corrected chi connectivity index (χ3v) is 5.23. The van der Waals surface area contributed by atoms with Gasteiger partial charge < -0.3 is 11.5 Å². The van der Waals surface area contributed by atoms with Gasteiger partial charge in [0.2, 0.25) is 0 Å². The average Bonchev–Trinajstić information content (AvgIpc) is 2.87. The zero-order chi connectivity index (χ0) is 12.8. The van der Waals surface area contributed by atoms with Crippen molar-refractivity contribution in [3.63, 3.8) is 0 Å². The average molecular weight is 275 g/mol. The Morgan fingerprint density at radius 3 is 2.24 bits per heavy atom. The number of rotatable bonds is 3. The van der Waals surface area contributed by atoms with Gasteiger partial charge in [0.25, 0.3) is 0 Å². The predicted octanol–water partition coefficient (Wildman–Crippen LogP) is 0.507. The Bertz CT molecular complexity index is 529. The van der Waals surface area contributed by atoms with Crippen LogP contribution in [-0.4, -0.2) is 32.0 Å². The molecule has 0 saturated heterocycles.